The Morgan fingerprint density at radius 1 is 1.42 bits per heavy atom. The van der Waals surface area contributed by atoms with Crippen LogP contribution in [0.5, 0.6) is 5.75 Å². The number of ether oxygens (including phenoxy) is 1. The maximum Gasteiger partial charge on any atom is 0.334 e. The summed E-state index contributed by atoms with van der Waals surface area (Å²) in [6, 6.07) is 4.48. The summed E-state index contributed by atoms with van der Waals surface area (Å²) in [7, 11) is 0. The normalized spacial score (nSPS) is 19.2. The molecule has 1 atom stereocenters. The van der Waals surface area contributed by atoms with E-state index >= 15 is 0 Å². The van der Waals surface area contributed by atoms with Gasteiger partial charge in [-0.15, -0.1) is 0 Å². The minimum absolute atomic E-state index is 0.00495. The largest absolute Gasteiger partial charge is 0.507 e. The number of phenolic OH excluding ortho intramolecular Hbond substituents is 1. The third-order valence-corrected chi connectivity index (χ3v) is 3.49. The molecule has 1 saturated heterocycles. The highest BCUT2D eigenvalue weighted by molar-refractivity contribution is 9.10. The highest BCUT2D eigenvalue weighted by Crippen LogP contribution is 2.25. The van der Waals surface area contributed by atoms with Crippen LogP contribution < -0.4 is 0 Å². The number of rotatable bonds is 2. The zero-order valence-electron chi connectivity index (χ0n) is 9.88. The van der Waals surface area contributed by atoms with E-state index in [1.807, 2.05) is 0 Å². The van der Waals surface area contributed by atoms with Crippen LogP contribution in [0.4, 0.5) is 0 Å². The number of hydrogen-bond acceptors (Lipinski definition) is 4. The van der Waals surface area contributed by atoms with Crippen molar-refractivity contribution in [2.45, 2.75) is 6.10 Å². The monoisotopic (exact) mass is 329 g/mol. The minimum Gasteiger partial charge on any atom is -0.507 e. The Bertz CT molecular complexity index is 519. The number of carbonyl (C=O) groups is 2. The van der Waals surface area contributed by atoms with E-state index in [1.165, 1.54) is 11.0 Å². The Kier molecular flexibility index (Phi) is 4.06. The van der Waals surface area contributed by atoms with Crippen molar-refractivity contribution < 1.29 is 24.5 Å². The molecular formula is C12H12BrNO5. The molecule has 1 aromatic rings. The number of carboxylic acids is 1. The molecule has 0 bridgehead atoms. The Hall–Kier alpha value is -1.60. The number of benzene rings is 1. The summed E-state index contributed by atoms with van der Waals surface area (Å²) in [6.07, 6.45) is -0.998. The van der Waals surface area contributed by atoms with Crippen LogP contribution in [0.15, 0.2) is 22.7 Å². The first-order valence-electron chi connectivity index (χ1n) is 5.61. The summed E-state index contributed by atoms with van der Waals surface area (Å²) in [6.45, 7) is 0.523. The summed E-state index contributed by atoms with van der Waals surface area (Å²) < 4.78 is 5.54. The molecule has 102 valence electrons. The van der Waals surface area contributed by atoms with Crippen LogP contribution in [0.2, 0.25) is 0 Å². The molecular weight excluding hydrogens is 318 g/mol. The zero-order chi connectivity index (χ0) is 14.0. The molecule has 2 N–H and O–H groups in total. The van der Waals surface area contributed by atoms with Gasteiger partial charge in [-0.05, 0) is 34.1 Å². The Labute approximate surface area is 117 Å². The van der Waals surface area contributed by atoms with Gasteiger partial charge in [0.05, 0.1) is 17.6 Å². The number of nitrogens with zero attached hydrogens (tertiary/aromatic N) is 1. The van der Waals surface area contributed by atoms with E-state index in [9.17, 15) is 14.7 Å². The van der Waals surface area contributed by atoms with Crippen molar-refractivity contribution in [1.82, 2.24) is 4.90 Å². The lowest BCUT2D eigenvalue weighted by atomic mass is 10.1. The molecule has 1 amide bonds. The maximum absolute atomic E-state index is 12.2. The number of carboxylic acid groups (broad SMARTS) is 1. The number of halogens is 1. The van der Waals surface area contributed by atoms with Crippen molar-refractivity contribution in [1.29, 1.82) is 0 Å². The Balaban J connectivity index is 2.14. The fourth-order valence-corrected chi connectivity index (χ4v) is 2.06. The molecule has 0 aromatic heterocycles. The lowest BCUT2D eigenvalue weighted by molar-refractivity contribution is -0.154. The lowest BCUT2D eigenvalue weighted by Crippen LogP contribution is -2.48. The maximum atomic E-state index is 12.2. The Morgan fingerprint density at radius 3 is 2.79 bits per heavy atom. The van der Waals surface area contributed by atoms with E-state index in [4.69, 9.17) is 9.84 Å². The molecule has 1 heterocycles. The third kappa shape index (κ3) is 3.05. The van der Waals surface area contributed by atoms with Gasteiger partial charge in [0.2, 0.25) is 0 Å². The van der Waals surface area contributed by atoms with E-state index in [0.717, 1.165) is 0 Å². The highest BCUT2D eigenvalue weighted by atomic mass is 79.9. The first-order valence-corrected chi connectivity index (χ1v) is 6.40. The fourth-order valence-electron chi connectivity index (χ4n) is 1.81. The van der Waals surface area contributed by atoms with Gasteiger partial charge >= 0.3 is 5.97 Å². The lowest BCUT2D eigenvalue weighted by Gasteiger charge is -2.30. The molecule has 1 aliphatic heterocycles. The van der Waals surface area contributed by atoms with Gasteiger partial charge in [-0.25, -0.2) is 4.79 Å². The SMILES string of the molecule is O=C(O)C1CN(C(=O)c2ccc(Br)c(O)c2)CCO1. The predicted molar refractivity (Wildman–Crippen MR) is 69.1 cm³/mol. The Morgan fingerprint density at radius 2 is 2.16 bits per heavy atom. The van der Waals surface area contributed by atoms with Gasteiger partial charge in [0.15, 0.2) is 6.10 Å². The molecule has 0 radical (unpaired) electrons. The number of morpholine rings is 1. The molecule has 1 unspecified atom stereocenters. The van der Waals surface area contributed by atoms with Gasteiger partial charge in [-0.1, -0.05) is 0 Å². The number of hydrogen-bond donors (Lipinski definition) is 2. The van der Waals surface area contributed by atoms with Crippen LogP contribution in [0, 0.1) is 0 Å². The second kappa shape index (κ2) is 5.58. The molecule has 6 nitrogen and oxygen atoms in total. The van der Waals surface area contributed by atoms with Gasteiger partial charge in [-0.3, -0.25) is 4.79 Å². The van der Waals surface area contributed by atoms with E-state index in [2.05, 4.69) is 15.9 Å². The first kappa shape index (κ1) is 13.8. The van der Waals surface area contributed by atoms with Crippen LogP contribution in [0.3, 0.4) is 0 Å². The van der Waals surface area contributed by atoms with Crippen LogP contribution in [-0.2, 0) is 9.53 Å². The minimum atomic E-state index is -1.09. The predicted octanol–water partition coefficient (Wildman–Crippen LogP) is 1.08. The standard InChI is InChI=1S/C12H12BrNO5/c13-8-2-1-7(5-9(8)15)11(16)14-3-4-19-10(6-14)12(17)18/h1-2,5,10,15H,3-4,6H2,(H,17,18). The van der Waals surface area contributed by atoms with E-state index in [0.29, 0.717) is 16.6 Å². The van der Waals surface area contributed by atoms with Crippen LogP contribution in [0.25, 0.3) is 0 Å². The van der Waals surface area contributed by atoms with Gasteiger partial charge in [-0.2, -0.15) is 0 Å². The molecule has 1 fully saturated rings. The molecule has 2 rings (SSSR count). The van der Waals surface area contributed by atoms with E-state index in [1.54, 1.807) is 12.1 Å². The summed E-state index contributed by atoms with van der Waals surface area (Å²) in [5.41, 5.74) is 0.312. The molecule has 0 saturated carbocycles. The number of amides is 1. The second-order valence-electron chi connectivity index (χ2n) is 4.12. The third-order valence-electron chi connectivity index (χ3n) is 2.82. The van der Waals surface area contributed by atoms with Crippen molar-refractivity contribution in [2.24, 2.45) is 0 Å². The van der Waals surface area contributed by atoms with E-state index in [-0.39, 0.29) is 24.8 Å². The summed E-state index contributed by atoms with van der Waals surface area (Å²) in [5, 5.41) is 18.4. The quantitative estimate of drug-likeness (QED) is 0.847. The summed E-state index contributed by atoms with van der Waals surface area (Å²) in [5.74, 6) is -1.44. The molecule has 0 spiro atoms. The zero-order valence-corrected chi connectivity index (χ0v) is 11.5. The average Bonchev–Trinajstić information content (AvgIpc) is 2.41. The molecule has 0 aliphatic carbocycles. The smallest absolute Gasteiger partial charge is 0.334 e. The van der Waals surface area contributed by atoms with Crippen molar-refractivity contribution in [3.8, 4) is 5.75 Å². The first-order chi connectivity index (χ1) is 8.99. The molecule has 1 aliphatic rings. The van der Waals surface area contributed by atoms with Gasteiger partial charge < -0.3 is 19.8 Å². The van der Waals surface area contributed by atoms with Crippen molar-refractivity contribution in [3.63, 3.8) is 0 Å². The summed E-state index contributed by atoms with van der Waals surface area (Å²) >= 11 is 3.13. The van der Waals surface area contributed by atoms with Crippen molar-refractivity contribution >= 4 is 27.8 Å². The molecule has 7 heteroatoms. The van der Waals surface area contributed by atoms with Crippen LogP contribution >= 0.6 is 15.9 Å². The number of carbonyl (C=O) groups excluding carboxylic acids is 1. The van der Waals surface area contributed by atoms with Crippen LogP contribution in [-0.4, -0.2) is 52.8 Å². The molecule has 1 aromatic carbocycles. The van der Waals surface area contributed by atoms with E-state index < -0.39 is 12.1 Å². The van der Waals surface area contributed by atoms with Gasteiger partial charge in [0.1, 0.15) is 5.75 Å². The van der Waals surface area contributed by atoms with Crippen molar-refractivity contribution in [2.75, 3.05) is 19.7 Å². The fraction of sp³-hybridized carbons (Fsp3) is 0.333. The molecule has 19 heavy (non-hydrogen) atoms. The summed E-state index contributed by atoms with van der Waals surface area (Å²) in [4.78, 5) is 24.4. The number of aromatic hydroxyl groups is 1. The van der Waals surface area contributed by atoms with Crippen LogP contribution in [0.1, 0.15) is 10.4 Å². The van der Waals surface area contributed by atoms with Crippen molar-refractivity contribution in [3.05, 3.63) is 28.2 Å². The number of aliphatic carboxylic acids is 1. The highest BCUT2D eigenvalue weighted by Gasteiger charge is 2.29. The van der Waals surface area contributed by atoms with Gasteiger partial charge in [0, 0.05) is 12.1 Å². The topological polar surface area (TPSA) is 87.1 Å². The second-order valence-corrected chi connectivity index (χ2v) is 4.97. The van der Waals surface area contributed by atoms with Gasteiger partial charge in [0.25, 0.3) is 5.91 Å². The average molecular weight is 330 g/mol. The number of phenols is 1.